The molecule has 6 rings (SSSR count). The molecule has 0 spiro atoms. The smallest absolute Gasteiger partial charge is 0.343 e. The molecule has 0 saturated heterocycles. The highest BCUT2D eigenvalue weighted by molar-refractivity contribution is 9.10. The van der Waals surface area contributed by atoms with Crippen LogP contribution in [-0.4, -0.2) is 62.1 Å². The summed E-state index contributed by atoms with van der Waals surface area (Å²) in [5.41, 5.74) is 1.57. The molecule has 0 aliphatic rings. The molecule has 6 aromatic rings. The minimum Gasteiger partial charge on any atom is -0.477 e. The normalized spacial score (nSPS) is 11.6. The molecule has 0 aliphatic heterocycles. The minimum atomic E-state index is -3.29. The number of fused-ring (bicyclic) bond motifs is 2. The Morgan fingerprint density at radius 2 is 1.04 bits per heavy atom. The van der Waals surface area contributed by atoms with Gasteiger partial charge in [0.1, 0.15) is 11.1 Å². The molecule has 280 valence electrons. The van der Waals surface area contributed by atoms with Crippen molar-refractivity contribution in [1.82, 2.24) is 9.13 Å². The number of carboxylic acid groups (broad SMARTS) is 1. The van der Waals surface area contributed by atoms with Gasteiger partial charge >= 0.3 is 11.9 Å². The topological polar surface area (TPSA) is 176 Å². The van der Waals surface area contributed by atoms with Crippen LogP contribution in [0.2, 0.25) is 0 Å². The zero-order valence-electron chi connectivity index (χ0n) is 28.9. The average Bonchev–Trinajstić information content (AvgIpc) is 3.10. The van der Waals surface area contributed by atoms with Crippen LogP contribution in [0.3, 0.4) is 0 Å². The molecular weight excluding hydrogens is 868 g/mol. The lowest BCUT2D eigenvalue weighted by Crippen LogP contribution is -2.21. The van der Waals surface area contributed by atoms with Gasteiger partial charge in [-0.25, -0.2) is 26.4 Å². The van der Waals surface area contributed by atoms with Crippen molar-refractivity contribution in [1.29, 1.82) is 0 Å². The van der Waals surface area contributed by atoms with E-state index in [9.17, 15) is 41.1 Å². The van der Waals surface area contributed by atoms with Crippen molar-refractivity contribution in [3.63, 3.8) is 0 Å². The molecule has 0 fully saturated rings. The second kappa shape index (κ2) is 16.2. The first-order chi connectivity index (χ1) is 25.4. The monoisotopic (exact) mass is 898 g/mol. The fourth-order valence-electron chi connectivity index (χ4n) is 5.59. The van der Waals surface area contributed by atoms with Crippen molar-refractivity contribution in [2.75, 3.05) is 19.1 Å². The summed E-state index contributed by atoms with van der Waals surface area (Å²) < 4.78 is 56.2. The van der Waals surface area contributed by atoms with Crippen LogP contribution in [0.25, 0.3) is 21.8 Å². The summed E-state index contributed by atoms with van der Waals surface area (Å²) in [6, 6.07) is 23.2. The Balaban J connectivity index is 0.000000208. The molecule has 4 aromatic carbocycles. The maximum atomic E-state index is 12.8. The number of halogens is 2. The van der Waals surface area contributed by atoms with Crippen molar-refractivity contribution in [2.45, 2.75) is 29.8 Å². The molecule has 2 heterocycles. The van der Waals surface area contributed by atoms with Crippen molar-refractivity contribution in [3.05, 3.63) is 149 Å². The number of pyridine rings is 2. The van der Waals surface area contributed by atoms with Crippen molar-refractivity contribution >= 4 is 85.3 Å². The molecular formula is C38H32Br2N2O10S2. The van der Waals surface area contributed by atoms with Gasteiger partial charge in [-0.1, -0.05) is 56.1 Å². The summed E-state index contributed by atoms with van der Waals surface area (Å²) in [6.45, 7) is 2.50. The molecule has 16 heteroatoms. The molecule has 54 heavy (non-hydrogen) atoms. The van der Waals surface area contributed by atoms with E-state index >= 15 is 0 Å². The summed E-state index contributed by atoms with van der Waals surface area (Å²) in [6.07, 6.45) is 5.08. The summed E-state index contributed by atoms with van der Waals surface area (Å²) in [5.74, 6) is -1.96. The van der Waals surface area contributed by atoms with Crippen LogP contribution in [0.1, 0.15) is 38.8 Å². The number of hydrogen-bond acceptors (Lipinski definition) is 9. The van der Waals surface area contributed by atoms with E-state index in [2.05, 4.69) is 31.9 Å². The lowest BCUT2D eigenvalue weighted by molar-refractivity contribution is 0.0523. The first-order valence-corrected chi connectivity index (χ1v) is 21.4. The molecule has 0 bridgehead atoms. The number of carbonyl (C=O) groups is 2. The van der Waals surface area contributed by atoms with Crippen LogP contribution < -0.4 is 10.9 Å². The Hall–Kier alpha value is -4.90. The van der Waals surface area contributed by atoms with E-state index in [1.165, 1.54) is 36.7 Å². The van der Waals surface area contributed by atoms with Gasteiger partial charge in [-0.05, 0) is 78.7 Å². The Morgan fingerprint density at radius 1 is 0.648 bits per heavy atom. The van der Waals surface area contributed by atoms with Gasteiger partial charge in [0.15, 0.2) is 19.7 Å². The fraction of sp³-hybridized carbons (Fsp3) is 0.158. The van der Waals surface area contributed by atoms with E-state index in [0.29, 0.717) is 39.4 Å². The van der Waals surface area contributed by atoms with E-state index < -0.39 is 42.5 Å². The zero-order valence-corrected chi connectivity index (χ0v) is 33.8. The van der Waals surface area contributed by atoms with Gasteiger partial charge in [-0.3, -0.25) is 9.59 Å². The van der Waals surface area contributed by atoms with Crippen molar-refractivity contribution < 1.29 is 36.3 Å². The molecule has 0 aliphatic carbocycles. The van der Waals surface area contributed by atoms with Crippen LogP contribution >= 0.6 is 31.9 Å². The second-order valence-corrected chi connectivity index (χ2v) is 18.0. The number of sulfone groups is 2. The number of carbonyl (C=O) groups excluding carboxylic acids is 1. The van der Waals surface area contributed by atoms with Crippen LogP contribution in [0.5, 0.6) is 0 Å². The molecule has 0 radical (unpaired) electrons. The second-order valence-electron chi connectivity index (χ2n) is 12.2. The Morgan fingerprint density at radius 3 is 1.41 bits per heavy atom. The Labute approximate surface area is 326 Å². The van der Waals surface area contributed by atoms with Gasteiger partial charge in [0.2, 0.25) is 10.9 Å². The lowest BCUT2D eigenvalue weighted by Gasteiger charge is -2.14. The quantitative estimate of drug-likeness (QED) is 0.162. The largest absolute Gasteiger partial charge is 0.477 e. The summed E-state index contributed by atoms with van der Waals surface area (Å²) in [5, 5.41) is 10.0. The van der Waals surface area contributed by atoms with E-state index in [1.54, 1.807) is 70.7 Å². The number of aromatic carboxylic acids is 1. The van der Waals surface area contributed by atoms with E-state index in [-0.39, 0.29) is 27.5 Å². The predicted molar refractivity (Wildman–Crippen MR) is 212 cm³/mol. The number of aromatic nitrogens is 2. The zero-order chi connectivity index (χ0) is 39.5. The van der Waals surface area contributed by atoms with E-state index in [0.717, 1.165) is 28.1 Å². The van der Waals surface area contributed by atoms with Gasteiger partial charge in [0.05, 0.1) is 27.4 Å². The third kappa shape index (κ3) is 9.24. The molecule has 12 nitrogen and oxygen atoms in total. The van der Waals surface area contributed by atoms with Crippen LogP contribution in [-0.2, 0) is 37.5 Å². The molecule has 1 N–H and O–H groups in total. The third-order valence-electron chi connectivity index (χ3n) is 8.22. The number of hydrogen-bond donors (Lipinski definition) is 1. The number of rotatable bonds is 9. The van der Waals surface area contributed by atoms with Crippen LogP contribution in [0.15, 0.2) is 126 Å². The molecule has 0 amide bonds. The van der Waals surface area contributed by atoms with Gasteiger partial charge in [0.25, 0.3) is 0 Å². The first kappa shape index (κ1) is 40.3. The van der Waals surface area contributed by atoms with Gasteiger partial charge in [0, 0.05) is 57.7 Å². The van der Waals surface area contributed by atoms with Crippen molar-refractivity contribution in [3.8, 4) is 0 Å². The number of esters is 1. The SMILES string of the molecule is CCOC(=O)c1cn(Cc2ccc(S(C)(=O)=O)cc2)c2ccc(Br)cc2c1=O.CS(=O)(=O)c1ccc(Cn2cc(C(=O)O)c(=O)c3cc(Br)ccc32)cc1. The minimum absolute atomic E-state index is 0.0415. The van der Waals surface area contributed by atoms with Gasteiger partial charge in [-0.15, -0.1) is 0 Å². The highest BCUT2D eigenvalue weighted by Gasteiger charge is 2.18. The highest BCUT2D eigenvalue weighted by atomic mass is 79.9. The summed E-state index contributed by atoms with van der Waals surface area (Å²) in [7, 11) is -6.56. The highest BCUT2D eigenvalue weighted by Crippen LogP contribution is 2.22. The fourth-order valence-corrected chi connectivity index (χ4v) is 7.57. The van der Waals surface area contributed by atoms with Gasteiger partial charge < -0.3 is 19.0 Å². The molecule has 0 unspecified atom stereocenters. The maximum absolute atomic E-state index is 12.8. The molecule has 2 aromatic heterocycles. The summed E-state index contributed by atoms with van der Waals surface area (Å²) in [4.78, 5) is 49.3. The maximum Gasteiger partial charge on any atom is 0.343 e. The van der Waals surface area contributed by atoms with Crippen molar-refractivity contribution in [2.24, 2.45) is 0 Å². The Bertz CT molecular complexity index is 2780. The number of benzene rings is 4. The number of nitrogens with zero attached hydrogens (tertiary/aromatic N) is 2. The van der Waals surface area contributed by atoms with E-state index in [1.807, 2.05) is 6.07 Å². The standard InChI is InChI=1S/C20H18BrNO5S.C18H14BrNO5S/c1-3-27-20(24)17-12-22(18-9-6-14(21)10-16(18)19(17)23)11-13-4-7-15(8-5-13)28(2,25)26;1-26(24,25)13-5-2-11(3-6-13)9-20-10-15(18(22)23)17(21)14-8-12(19)4-7-16(14)20/h4-10,12H,3,11H2,1-2H3;2-8,10H,9H2,1H3,(H,22,23). The van der Waals surface area contributed by atoms with E-state index in [4.69, 9.17) is 4.74 Å². The molecule has 0 saturated carbocycles. The first-order valence-electron chi connectivity index (χ1n) is 16.0. The van der Waals surface area contributed by atoms with Crippen LogP contribution in [0.4, 0.5) is 0 Å². The van der Waals surface area contributed by atoms with Crippen LogP contribution in [0, 0.1) is 0 Å². The number of carboxylic acids is 1. The lowest BCUT2D eigenvalue weighted by atomic mass is 10.1. The van der Waals surface area contributed by atoms with Gasteiger partial charge in [-0.2, -0.15) is 0 Å². The predicted octanol–water partition coefficient (Wildman–Crippen LogP) is 6.31. The molecule has 0 atom stereocenters. The number of ether oxygens (including phenoxy) is 1. The third-order valence-corrected chi connectivity index (χ3v) is 11.5. The average molecular weight is 901 g/mol. The Kier molecular flexibility index (Phi) is 12.1. The summed E-state index contributed by atoms with van der Waals surface area (Å²) >= 11 is 6.65.